The molecule has 0 saturated heterocycles. The van der Waals surface area contributed by atoms with E-state index in [0.29, 0.717) is 34.2 Å². The molecule has 0 aliphatic carbocycles. The quantitative estimate of drug-likeness (QED) is 0.125. The van der Waals surface area contributed by atoms with Crippen LogP contribution in [0.2, 0.25) is 0 Å². The summed E-state index contributed by atoms with van der Waals surface area (Å²) in [4.78, 5) is 35.5. The van der Waals surface area contributed by atoms with Crippen LogP contribution in [0.5, 0.6) is 0 Å². The molecule has 546 valence electrons. The van der Waals surface area contributed by atoms with Crippen LogP contribution in [0.4, 0.5) is 0 Å². The van der Waals surface area contributed by atoms with Gasteiger partial charge in [0.15, 0.2) is 0 Å². The van der Waals surface area contributed by atoms with Crippen LogP contribution in [0.25, 0.3) is 74.0 Å². The summed E-state index contributed by atoms with van der Waals surface area (Å²) in [5.41, 5.74) is 18.4. The number of fused-ring (bicyclic) bond motifs is 3. The van der Waals surface area contributed by atoms with Gasteiger partial charge in [-0.3, -0.25) is 29.6 Å². The molecule has 0 saturated carbocycles. The summed E-state index contributed by atoms with van der Waals surface area (Å²) >= 11 is 0. The summed E-state index contributed by atoms with van der Waals surface area (Å²) in [7, 11) is 1.87. The Morgan fingerprint density at radius 2 is 0.954 bits per heavy atom. The second-order valence-electron chi connectivity index (χ2n) is 23.5. The maximum atomic E-state index is 10.1. The number of imidazole rings is 4. The van der Waals surface area contributed by atoms with Crippen LogP contribution >= 0.6 is 0 Å². The van der Waals surface area contributed by atoms with E-state index in [1.165, 1.54) is 35.3 Å². The SMILES string of the molecule is CCc1cccc(CC)c1-n1cc(C#N)nc1-c1[c-]cccc1.Cc1cccc(C)c1-n1cc(C#N)nc1-c1[c-]cccc1.Cc1cccc(C)c1-n1ncnc1-c1[c-]ccc(C#N)c1.Cn1cc(C#N)nc1-c1[c-]cccc1.N#Cc1cn2c(n1)-c1[c-]cccc1CCC2.O=C(O)c1ccccn1.[Ir].[Ir].[Ir].[Ir]. The molecule has 7 heterocycles. The van der Waals surface area contributed by atoms with Crippen molar-refractivity contribution in [2.24, 2.45) is 7.05 Å². The van der Waals surface area contributed by atoms with Crippen molar-refractivity contribution in [3.8, 4) is 104 Å². The standard InChI is InChI=1S/C20H18N3.C18H14N3.C17H13N4.C13H10N3.C11H8N3.C6H5NO2.4Ir/c1-3-15-11-8-12-16(4-2)19(15)23-14-18(13-21)22-20(23)17-9-6-5-7-10-17;1-13-7-6-8-14(2)17(13)21-12-16(11-19)20-18(21)15-9-4-3-5-10-15;1-12-5-3-6-13(2)16(12)21-17(19-11-20-21)15-8-4-7-14(9-15)10-18;14-8-11-9-16-7-3-5-10-4-1-2-6-12(10)13(16)15-11;1-14-8-10(7-12)13-11(14)9-5-3-2-4-6-9;8-6(9)5-3-1-2-4-7-5;;;;/h5-9,11-12,14H,3-4H2,1-2H3;3-9,12H,1-2H3;3-7,9,11H,1-2H3;1-2,4,9H,3,5,7H2;2-5,8H,1H3;1-4H,(H,8,9);;;;/q5*-1;;;;;. The molecule has 1 N–H and O–H groups in total. The second-order valence-corrected chi connectivity index (χ2v) is 23.5. The molecule has 0 spiro atoms. The molecule has 19 nitrogen and oxygen atoms in total. The number of nitrogens with zero attached hydrogens (tertiary/aromatic N) is 17. The first-order chi connectivity index (χ1) is 50.7. The van der Waals surface area contributed by atoms with Crippen molar-refractivity contribution in [3.63, 3.8) is 0 Å². The number of carboxylic acids is 1. The smallest absolute Gasteiger partial charge is 0.354 e. The van der Waals surface area contributed by atoms with Gasteiger partial charge < -0.3 is 23.4 Å². The number of carboxylic acid groups (broad SMARTS) is 1. The van der Waals surface area contributed by atoms with E-state index in [2.05, 4.69) is 158 Å². The molecule has 0 bridgehead atoms. The molecule has 8 aromatic carbocycles. The molecule has 14 aromatic rings. The van der Waals surface area contributed by atoms with Gasteiger partial charge in [0.05, 0.1) is 40.9 Å². The van der Waals surface area contributed by atoms with Crippen LogP contribution < -0.4 is 0 Å². The third kappa shape index (κ3) is 21.1. The maximum Gasteiger partial charge on any atom is 0.354 e. The molecule has 0 fully saturated rings. The molecule has 0 atom stereocenters. The number of aromatic nitrogens is 12. The van der Waals surface area contributed by atoms with Gasteiger partial charge in [-0.15, -0.1) is 173 Å². The number of hydrogen-bond acceptors (Lipinski definition) is 13. The van der Waals surface area contributed by atoms with E-state index in [9.17, 15) is 15.3 Å². The summed E-state index contributed by atoms with van der Waals surface area (Å²) in [6.07, 6.45) is 14.1. The third-order valence-electron chi connectivity index (χ3n) is 16.5. The Hall–Kier alpha value is -11.6. The van der Waals surface area contributed by atoms with Gasteiger partial charge in [-0.05, 0) is 98.0 Å². The number of benzene rings is 8. The zero-order valence-electron chi connectivity index (χ0n) is 59.6. The van der Waals surface area contributed by atoms with Gasteiger partial charge in [0.1, 0.15) is 59.1 Å². The molecule has 23 heteroatoms. The monoisotopic (exact) mass is 2130 g/mol. The van der Waals surface area contributed by atoms with Crippen molar-refractivity contribution >= 4 is 5.97 Å². The Labute approximate surface area is 682 Å². The van der Waals surface area contributed by atoms with E-state index in [1.54, 1.807) is 47.4 Å². The second kappa shape index (κ2) is 41.9. The Morgan fingerprint density at radius 3 is 1.44 bits per heavy atom. The Bertz CT molecular complexity index is 5460. The van der Waals surface area contributed by atoms with E-state index in [1.807, 2.05) is 162 Å². The van der Waals surface area contributed by atoms with Gasteiger partial charge >= 0.3 is 5.97 Å². The van der Waals surface area contributed by atoms with Crippen molar-refractivity contribution in [2.45, 2.75) is 73.8 Å². The van der Waals surface area contributed by atoms with Gasteiger partial charge in [0.25, 0.3) is 0 Å². The molecule has 1 aliphatic heterocycles. The summed E-state index contributed by atoms with van der Waals surface area (Å²) in [5, 5.41) is 57.7. The molecule has 4 radical (unpaired) electrons. The number of carbonyl (C=O) groups is 1. The predicted molar refractivity (Wildman–Crippen MR) is 396 cm³/mol. The van der Waals surface area contributed by atoms with E-state index in [4.69, 9.17) is 20.9 Å². The normalized spacial score (nSPS) is 10.2. The summed E-state index contributed by atoms with van der Waals surface area (Å²) < 4.78 is 9.71. The first kappa shape index (κ1) is 85.3. The largest absolute Gasteiger partial charge is 0.477 e. The zero-order valence-corrected chi connectivity index (χ0v) is 69.2. The van der Waals surface area contributed by atoms with Crippen LogP contribution in [-0.2, 0) is 113 Å². The fraction of sp³-hybridized carbons (Fsp3) is 0.141. The van der Waals surface area contributed by atoms with Gasteiger partial charge in [-0.2, -0.15) is 31.4 Å². The van der Waals surface area contributed by atoms with Crippen molar-refractivity contribution in [1.82, 2.24) is 58.0 Å². The van der Waals surface area contributed by atoms with Crippen molar-refractivity contribution in [2.75, 3.05) is 0 Å². The van der Waals surface area contributed by atoms with E-state index < -0.39 is 5.97 Å². The van der Waals surface area contributed by atoms with Crippen LogP contribution in [0.15, 0.2) is 219 Å². The number of nitriles is 5. The Kier molecular flexibility index (Phi) is 33.1. The number of aromatic carboxylic acids is 1. The van der Waals surface area contributed by atoms with Gasteiger partial charge in [-0.25, -0.2) is 9.78 Å². The number of para-hydroxylation sites is 3. The van der Waals surface area contributed by atoms with Crippen molar-refractivity contribution in [1.29, 1.82) is 26.3 Å². The van der Waals surface area contributed by atoms with Crippen LogP contribution in [0, 0.1) is 115 Å². The first-order valence-electron chi connectivity index (χ1n) is 33.2. The minimum Gasteiger partial charge on any atom is -0.477 e. The predicted octanol–water partition coefficient (Wildman–Crippen LogP) is 16.1. The van der Waals surface area contributed by atoms with Crippen molar-refractivity contribution in [3.05, 3.63) is 323 Å². The summed E-state index contributed by atoms with van der Waals surface area (Å²) in [5.74, 6) is 2.84. The van der Waals surface area contributed by atoms with Gasteiger partial charge in [-0.1, -0.05) is 80.9 Å². The summed E-state index contributed by atoms with van der Waals surface area (Å²) in [6.45, 7) is 13.4. The topological polar surface area (TPSA) is 271 Å². The first-order valence-corrected chi connectivity index (χ1v) is 33.2. The van der Waals surface area contributed by atoms with Crippen molar-refractivity contribution < 1.29 is 90.3 Å². The minimum atomic E-state index is -0.990. The molecule has 15 rings (SSSR count). The number of hydrogen-bond donors (Lipinski definition) is 1. The fourth-order valence-electron chi connectivity index (χ4n) is 11.7. The molecule has 0 unspecified atom stereocenters. The number of rotatable bonds is 10. The van der Waals surface area contributed by atoms with Crippen LogP contribution in [0.3, 0.4) is 0 Å². The fourth-order valence-corrected chi connectivity index (χ4v) is 11.7. The molecule has 0 amide bonds. The Balaban J connectivity index is 0.000000205. The van der Waals surface area contributed by atoms with Crippen LogP contribution in [0.1, 0.15) is 98.0 Å². The molecule has 6 aromatic heterocycles. The number of pyridine rings is 1. The third-order valence-corrected chi connectivity index (χ3v) is 16.5. The maximum absolute atomic E-state index is 10.1. The van der Waals surface area contributed by atoms with E-state index >= 15 is 0 Å². The molecular weight excluding hydrogens is 2060 g/mol. The number of aryl methyl sites for hydroxylation is 9. The minimum absolute atomic E-state index is 0. The van der Waals surface area contributed by atoms with Gasteiger partial charge in [0.2, 0.25) is 0 Å². The molecule has 108 heavy (non-hydrogen) atoms. The average Bonchev–Trinajstić information content (AvgIpc) is 1.60. The average molecular weight is 2130 g/mol. The van der Waals surface area contributed by atoms with Gasteiger partial charge in [0, 0.05) is 136 Å². The molecular formula is C85H68Ir4N17O2-5. The van der Waals surface area contributed by atoms with E-state index in [0.717, 1.165) is 123 Å². The zero-order chi connectivity index (χ0) is 73.5. The Morgan fingerprint density at radius 1 is 0.472 bits per heavy atom. The summed E-state index contributed by atoms with van der Waals surface area (Å²) in [6, 6.07) is 83.9. The van der Waals surface area contributed by atoms with Crippen LogP contribution in [-0.4, -0.2) is 69.0 Å². The van der Waals surface area contributed by atoms with E-state index in [-0.39, 0.29) is 86.1 Å². The molecule has 1 aliphatic rings.